The van der Waals surface area contributed by atoms with Crippen molar-refractivity contribution in [2.45, 2.75) is 18.7 Å². The van der Waals surface area contributed by atoms with E-state index in [9.17, 15) is 18.5 Å². The predicted octanol–water partition coefficient (Wildman–Crippen LogP) is 1.33. The molecule has 0 heterocycles. The van der Waals surface area contributed by atoms with E-state index in [1.54, 1.807) is 11.9 Å². The molecule has 1 rings (SSSR count). The number of hydrogen-bond donors (Lipinski definition) is 1. The Morgan fingerprint density at radius 2 is 1.95 bits per heavy atom. The highest BCUT2D eigenvalue weighted by atomic mass is 32.2. The molecule has 0 fully saturated rings. The molecule has 2 N–H and O–H groups in total. The van der Waals surface area contributed by atoms with Gasteiger partial charge in [0.25, 0.3) is 5.69 Å². The summed E-state index contributed by atoms with van der Waals surface area (Å²) in [5.74, 6) is 0.335. The Kier molecular flexibility index (Phi) is 4.48. The van der Waals surface area contributed by atoms with E-state index >= 15 is 0 Å². The Bertz CT molecular complexity index is 584. The monoisotopic (exact) mass is 287 g/mol. The minimum atomic E-state index is -3.97. The first-order chi connectivity index (χ1) is 8.61. The van der Waals surface area contributed by atoms with Crippen LogP contribution in [0.5, 0.6) is 0 Å². The van der Waals surface area contributed by atoms with Crippen molar-refractivity contribution in [3.05, 3.63) is 28.3 Å². The van der Waals surface area contributed by atoms with Gasteiger partial charge in [0.05, 0.1) is 9.82 Å². The van der Waals surface area contributed by atoms with Gasteiger partial charge in [-0.2, -0.15) is 0 Å². The number of nitrogens with two attached hydrogens (primary N) is 1. The molecule has 0 saturated heterocycles. The average molecular weight is 287 g/mol. The fourth-order valence-electron chi connectivity index (χ4n) is 1.71. The van der Waals surface area contributed by atoms with Crippen molar-refractivity contribution in [1.29, 1.82) is 0 Å². The van der Waals surface area contributed by atoms with Crippen LogP contribution in [-0.4, -0.2) is 26.9 Å². The Hall–Kier alpha value is -1.67. The first-order valence-corrected chi connectivity index (χ1v) is 7.19. The molecule has 0 aliphatic rings. The van der Waals surface area contributed by atoms with Crippen LogP contribution in [0.4, 0.5) is 11.4 Å². The lowest BCUT2D eigenvalue weighted by molar-refractivity contribution is -0.385. The molecule has 0 unspecified atom stereocenters. The van der Waals surface area contributed by atoms with Crippen molar-refractivity contribution in [3.63, 3.8) is 0 Å². The molecule has 0 aliphatic heterocycles. The lowest BCUT2D eigenvalue weighted by Gasteiger charge is -2.21. The largest absolute Gasteiger partial charge is 0.374 e. The molecule has 8 heteroatoms. The second-order valence-corrected chi connectivity index (χ2v) is 6.32. The van der Waals surface area contributed by atoms with Crippen LogP contribution < -0.4 is 10.0 Å². The third kappa shape index (κ3) is 4.18. The maximum atomic E-state index is 11.3. The Morgan fingerprint density at radius 1 is 1.37 bits per heavy atom. The zero-order valence-electron chi connectivity index (χ0n) is 11.0. The van der Waals surface area contributed by atoms with Crippen molar-refractivity contribution in [2.75, 3.05) is 18.5 Å². The summed E-state index contributed by atoms with van der Waals surface area (Å²) in [5, 5.41) is 15.9. The summed E-state index contributed by atoms with van der Waals surface area (Å²) in [7, 11) is -2.23. The van der Waals surface area contributed by atoms with Gasteiger partial charge in [0.1, 0.15) is 0 Å². The quantitative estimate of drug-likeness (QED) is 0.649. The summed E-state index contributed by atoms with van der Waals surface area (Å²) in [6.45, 7) is 4.63. The second kappa shape index (κ2) is 5.54. The topological polar surface area (TPSA) is 107 Å². The van der Waals surface area contributed by atoms with Crippen LogP contribution >= 0.6 is 0 Å². The molecular weight excluding hydrogens is 270 g/mol. The van der Waals surface area contributed by atoms with E-state index in [1.807, 2.05) is 13.8 Å². The fraction of sp³-hybridized carbons (Fsp3) is 0.455. The molecular formula is C11H17N3O4S. The number of non-ortho nitro benzene ring substituents is 1. The van der Waals surface area contributed by atoms with Gasteiger partial charge in [-0.1, -0.05) is 13.8 Å². The molecule has 0 radical (unpaired) electrons. The van der Waals surface area contributed by atoms with Gasteiger partial charge in [-0.05, 0) is 12.0 Å². The number of benzene rings is 1. The van der Waals surface area contributed by atoms with E-state index < -0.39 is 14.9 Å². The average Bonchev–Trinajstić information content (AvgIpc) is 2.26. The summed E-state index contributed by atoms with van der Waals surface area (Å²) in [4.78, 5) is 11.7. The molecule has 106 valence electrons. The molecule has 0 atom stereocenters. The van der Waals surface area contributed by atoms with Crippen LogP contribution in [0.3, 0.4) is 0 Å². The molecule has 0 amide bonds. The number of primary sulfonamides is 1. The number of anilines is 1. The van der Waals surface area contributed by atoms with Gasteiger partial charge in [0.2, 0.25) is 10.0 Å². The van der Waals surface area contributed by atoms with Gasteiger partial charge in [-0.25, -0.2) is 13.6 Å². The van der Waals surface area contributed by atoms with E-state index in [1.165, 1.54) is 12.1 Å². The minimum absolute atomic E-state index is 0.257. The van der Waals surface area contributed by atoms with Gasteiger partial charge in [0.15, 0.2) is 0 Å². The molecule has 19 heavy (non-hydrogen) atoms. The lowest BCUT2D eigenvalue weighted by Crippen LogP contribution is -2.23. The maximum absolute atomic E-state index is 11.3. The minimum Gasteiger partial charge on any atom is -0.374 e. The van der Waals surface area contributed by atoms with Gasteiger partial charge in [0, 0.05) is 31.4 Å². The number of nitrogens with zero attached hydrogens (tertiary/aromatic N) is 2. The summed E-state index contributed by atoms with van der Waals surface area (Å²) in [5.41, 5.74) is 0.157. The van der Waals surface area contributed by atoms with Crippen molar-refractivity contribution in [3.8, 4) is 0 Å². The predicted molar refractivity (Wildman–Crippen MR) is 72.6 cm³/mol. The first kappa shape index (κ1) is 15.4. The van der Waals surface area contributed by atoms with Crippen molar-refractivity contribution < 1.29 is 13.3 Å². The SMILES string of the molecule is CC(C)CN(C)c1cc([N+](=O)[O-])cc(S(N)(=O)=O)c1. The fourth-order valence-corrected chi connectivity index (χ4v) is 2.28. The lowest BCUT2D eigenvalue weighted by atomic mass is 10.2. The molecule has 7 nitrogen and oxygen atoms in total. The molecule has 0 spiro atoms. The Balaban J connectivity index is 3.32. The van der Waals surface area contributed by atoms with E-state index in [0.29, 0.717) is 18.2 Å². The normalized spacial score (nSPS) is 11.6. The van der Waals surface area contributed by atoms with Crippen LogP contribution in [0.15, 0.2) is 23.1 Å². The highest BCUT2D eigenvalue weighted by Gasteiger charge is 2.18. The molecule has 1 aromatic rings. The van der Waals surface area contributed by atoms with Crippen LogP contribution in [0.2, 0.25) is 0 Å². The summed E-state index contributed by atoms with van der Waals surface area (Å²) < 4.78 is 22.7. The summed E-state index contributed by atoms with van der Waals surface area (Å²) in [6.07, 6.45) is 0. The molecule has 0 bridgehead atoms. The van der Waals surface area contributed by atoms with Crippen LogP contribution in [0.1, 0.15) is 13.8 Å². The smallest absolute Gasteiger partial charge is 0.272 e. The van der Waals surface area contributed by atoms with Crippen molar-refractivity contribution in [1.82, 2.24) is 0 Å². The standard InChI is InChI=1S/C11H17N3O4S/c1-8(2)7-13(3)9-4-10(14(15)16)6-11(5-9)19(12,17)18/h4-6,8H,7H2,1-3H3,(H2,12,17,18). The van der Waals surface area contributed by atoms with Gasteiger partial charge < -0.3 is 4.90 Å². The number of sulfonamides is 1. The van der Waals surface area contributed by atoms with Crippen molar-refractivity contribution >= 4 is 21.4 Å². The third-order valence-corrected chi connectivity index (χ3v) is 3.39. The van der Waals surface area contributed by atoms with E-state index in [0.717, 1.165) is 6.07 Å². The third-order valence-electron chi connectivity index (χ3n) is 2.50. The Labute approximate surface area is 112 Å². The number of rotatable bonds is 5. The van der Waals surface area contributed by atoms with E-state index in [-0.39, 0.29) is 10.6 Å². The second-order valence-electron chi connectivity index (χ2n) is 4.76. The molecule has 0 aromatic heterocycles. The molecule has 1 aromatic carbocycles. The number of nitro benzene ring substituents is 1. The molecule has 0 saturated carbocycles. The number of nitro groups is 1. The highest BCUT2D eigenvalue weighted by molar-refractivity contribution is 7.89. The van der Waals surface area contributed by atoms with E-state index in [4.69, 9.17) is 5.14 Å². The van der Waals surface area contributed by atoms with Crippen LogP contribution in [0, 0.1) is 16.0 Å². The van der Waals surface area contributed by atoms with Crippen LogP contribution in [0.25, 0.3) is 0 Å². The highest BCUT2D eigenvalue weighted by Crippen LogP contribution is 2.25. The summed E-state index contributed by atoms with van der Waals surface area (Å²) in [6, 6.07) is 3.63. The molecule has 0 aliphatic carbocycles. The van der Waals surface area contributed by atoms with Crippen molar-refractivity contribution in [2.24, 2.45) is 11.1 Å². The first-order valence-electron chi connectivity index (χ1n) is 5.64. The summed E-state index contributed by atoms with van der Waals surface area (Å²) >= 11 is 0. The van der Waals surface area contributed by atoms with E-state index in [2.05, 4.69) is 0 Å². The van der Waals surface area contributed by atoms with Gasteiger partial charge in [-0.15, -0.1) is 0 Å². The zero-order chi connectivity index (χ0) is 14.8. The Morgan fingerprint density at radius 3 is 2.37 bits per heavy atom. The van der Waals surface area contributed by atoms with Crippen LogP contribution in [-0.2, 0) is 10.0 Å². The van der Waals surface area contributed by atoms with Gasteiger partial charge >= 0.3 is 0 Å². The number of hydrogen-bond acceptors (Lipinski definition) is 5. The van der Waals surface area contributed by atoms with Gasteiger partial charge in [-0.3, -0.25) is 10.1 Å². The zero-order valence-corrected chi connectivity index (χ0v) is 11.8. The maximum Gasteiger partial charge on any atom is 0.272 e.